The van der Waals surface area contributed by atoms with Gasteiger partial charge < -0.3 is 15.1 Å². The fraction of sp³-hybridized carbons (Fsp3) is 0.615. The molecule has 0 aliphatic heterocycles. The van der Waals surface area contributed by atoms with Crippen LogP contribution in [-0.2, 0) is 11.3 Å². The number of carbonyl (C=O) groups is 1. The van der Waals surface area contributed by atoms with E-state index >= 15 is 0 Å². The lowest BCUT2D eigenvalue weighted by Gasteiger charge is -2.29. The molecule has 1 atom stereocenters. The molecule has 0 spiro atoms. The maximum atomic E-state index is 12.1. The van der Waals surface area contributed by atoms with E-state index in [0.717, 1.165) is 18.6 Å². The molecule has 0 radical (unpaired) electrons. The Bertz CT molecular complexity index is 354. The van der Waals surface area contributed by atoms with E-state index in [1.807, 2.05) is 17.0 Å². The molecular weight excluding hydrogens is 216 g/mol. The molecule has 4 nitrogen and oxygen atoms in total. The van der Waals surface area contributed by atoms with E-state index in [-0.39, 0.29) is 5.91 Å². The summed E-state index contributed by atoms with van der Waals surface area (Å²) in [5.41, 5.74) is 5.71. The van der Waals surface area contributed by atoms with Crippen molar-refractivity contribution in [3.8, 4) is 0 Å². The zero-order chi connectivity index (χ0) is 12.3. The topological polar surface area (TPSA) is 59.5 Å². The maximum absolute atomic E-state index is 12.1. The van der Waals surface area contributed by atoms with Gasteiger partial charge in [0.1, 0.15) is 5.76 Å². The van der Waals surface area contributed by atoms with Crippen molar-refractivity contribution in [3.63, 3.8) is 0 Å². The second kappa shape index (κ2) is 5.36. The van der Waals surface area contributed by atoms with Crippen LogP contribution in [0.3, 0.4) is 0 Å². The Morgan fingerprint density at radius 1 is 1.59 bits per heavy atom. The van der Waals surface area contributed by atoms with E-state index < -0.39 is 6.04 Å². The van der Waals surface area contributed by atoms with Gasteiger partial charge in [0.2, 0.25) is 5.91 Å². The summed E-state index contributed by atoms with van der Waals surface area (Å²) in [6.45, 7) is 2.28. The third-order valence-corrected chi connectivity index (χ3v) is 3.34. The second-order valence-corrected chi connectivity index (χ2v) is 4.77. The summed E-state index contributed by atoms with van der Waals surface area (Å²) in [7, 11) is 0. The van der Waals surface area contributed by atoms with E-state index in [1.165, 1.54) is 12.8 Å². The summed E-state index contributed by atoms with van der Waals surface area (Å²) in [6, 6.07) is 3.64. The zero-order valence-corrected chi connectivity index (χ0v) is 10.3. The zero-order valence-electron chi connectivity index (χ0n) is 10.3. The first kappa shape index (κ1) is 12.2. The standard InChI is InChI=1S/C13H20N2O2/c1-10(14)13(16)15(11-5-2-3-6-11)9-12-7-4-8-17-12/h4,7-8,10-11H,2-3,5-6,9,14H2,1H3/t10-/m1/s1. The van der Waals surface area contributed by atoms with Crippen molar-refractivity contribution < 1.29 is 9.21 Å². The van der Waals surface area contributed by atoms with Gasteiger partial charge >= 0.3 is 0 Å². The van der Waals surface area contributed by atoms with Gasteiger partial charge in [0.05, 0.1) is 18.8 Å². The fourth-order valence-electron chi connectivity index (χ4n) is 2.43. The molecule has 0 unspecified atom stereocenters. The van der Waals surface area contributed by atoms with Crippen molar-refractivity contribution >= 4 is 5.91 Å². The van der Waals surface area contributed by atoms with Crippen molar-refractivity contribution in [2.45, 2.75) is 51.2 Å². The number of carbonyl (C=O) groups excluding carboxylic acids is 1. The molecule has 2 rings (SSSR count). The van der Waals surface area contributed by atoms with Crippen LogP contribution in [0.5, 0.6) is 0 Å². The molecule has 17 heavy (non-hydrogen) atoms. The molecule has 1 aromatic rings. The average molecular weight is 236 g/mol. The van der Waals surface area contributed by atoms with Gasteiger partial charge in [-0.05, 0) is 31.9 Å². The molecule has 2 N–H and O–H groups in total. The van der Waals surface area contributed by atoms with E-state index in [4.69, 9.17) is 10.2 Å². The SMILES string of the molecule is C[C@@H](N)C(=O)N(Cc1ccco1)C1CCCC1. The fourth-order valence-corrected chi connectivity index (χ4v) is 2.43. The number of hydrogen-bond acceptors (Lipinski definition) is 3. The Labute approximate surface area is 102 Å². The Hall–Kier alpha value is -1.29. The quantitative estimate of drug-likeness (QED) is 0.868. The van der Waals surface area contributed by atoms with Crippen LogP contribution in [0.2, 0.25) is 0 Å². The lowest BCUT2D eigenvalue weighted by molar-refractivity contribution is -0.135. The lowest BCUT2D eigenvalue weighted by Crippen LogP contribution is -2.46. The number of hydrogen-bond donors (Lipinski definition) is 1. The minimum absolute atomic E-state index is 0.0216. The minimum Gasteiger partial charge on any atom is -0.467 e. The predicted octanol–water partition coefficient (Wildman–Crippen LogP) is 1.90. The van der Waals surface area contributed by atoms with Crippen LogP contribution in [-0.4, -0.2) is 22.9 Å². The van der Waals surface area contributed by atoms with Crippen molar-refractivity contribution in [2.75, 3.05) is 0 Å². The Morgan fingerprint density at radius 3 is 2.82 bits per heavy atom. The molecule has 1 aliphatic carbocycles. The van der Waals surface area contributed by atoms with Crippen molar-refractivity contribution in [1.29, 1.82) is 0 Å². The van der Waals surface area contributed by atoms with Gasteiger partial charge in [-0.3, -0.25) is 4.79 Å². The third-order valence-electron chi connectivity index (χ3n) is 3.34. The molecular formula is C13H20N2O2. The highest BCUT2D eigenvalue weighted by Gasteiger charge is 2.28. The van der Waals surface area contributed by atoms with Crippen LogP contribution >= 0.6 is 0 Å². The van der Waals surface area contributed by atoms with Gasteiger partial charge in [-0.25, -0.2) is 0 Å². The Morgan fingerprint density at radius 2 is 2.29 bits per heavy atom. The Balaban J connectivity index is 2.08. The van der Waals surface area contributed by atoms with Crippen LogP contribution in [0.4, 0.5) is 0 Å². The van der Waals surface area contributed by atoms with Crippen LogP contribution < -0.4 is 5.73 Å². The van der Waals surface area contributed by atoms with E-state index in [9.17, 15) is 4.79 Å². The van der Waals surface area contributed by atoms with E-state index in [1.54, 1.807) is 13.2 Å². The second-order valence-electron chi connectivity index (χ2n) is 4.77. The van der Waals surface area contributed by atoms with Crippen LogP contribution in [0.25, 0.3) is 0 Å². The van der Waals surface area contributed by atoms with Gasteiger partial charge in [-0.2, -0.15) is 0 Å². The maximum Gasteiger partial charge on any atom is 0.239 e. The molecule has 1 amide bonds. The van der Waals surface area contributed by atoms with E-state index in [0.29, 0.717) is 12.6 Å². The van der Waals surface area contributed by atoms with Crippen LogP contribution in [0.15, 0.2) is 22.8 Å². The summed E-state index contributed by atoms with van der Waals surface area (Å²) in [4.78, 5) is 14.0. The number of furan rings is 1. The van der Waals surface area contributed by atoms with Gasteiger partial charge in [-0.15, -0.1) is 0 Å². The summed E-state index contributed by atoms with van der Waals surface area (Å²) in [6.07, 6.45) is 6.20. The third kappa shape index (κ3) is 2.88. The highest BCUT2D eigenvalue weighted by molar-refractivity contribution is 5.81. The summed E-state index contributed by atoms with van der Waals surface area (Å²) < 4.78 is 5.32. The van der Waals surface area contributed by atoms with Gasteiger partial charge in [0, 0.05) is 6.04 Å². The minimum atomic E-state index is -0.439. The lowest BCUT2D eigenvalue weighted by atomic mass is 10.1. The highest BCUT2D eigenvalue weighted by Crippen LogP contribution is 2.25. The first-order chi connectivity index (χ1) is 8.18. The Kier molecular flexibility index (Phi) is 3.84. The normalized spacial score (nSPS) is 18.2. The van der Waals surface area contributed by atoms with Gasteiger partial charge in [-0.1, -0.05) is 12.8 Å². The largest absolute Gasteiger partial charge is 0.467 e. The molecule has 0 saturated heterocycles. The summed E-state index contributed by atoms with van der Waals surface area (Å²) >= 11 is 0. The van der Waals surface area contributed by atoms with Gasteiger partial charge in [0.25, 0.3) is 0 Å². The molecule has 1 aromatic heterocycles. The predicted molar refractivity (Wildman–Crippen MR) is 65.2 cm³/mol. The molecule has 1 fully saturated rings. The molecule has 4 heteroatoms. The van der Waals surface area contributed by atoms with Crippen molar-refractivity contribution in [2.24, 2.45) is 5.73 Å². The van der Waals surface area contributed by atoms with Crippen LogP contribution in [0.1, 0.15) is 38.4 Å². The summed E-state index contributed by atoms with van der Waals surface area (Å²) in [5.74, 6) is 0.846. The molecule has 1 aliphatic rings. The van der Waals surface area contributed by atoms with Gasteiger partial charge in [0.15, 0.2) is 0 Å². The first-order valence-electron chi connectivity index (χ1n) is 6.27. The molecule has 94 valence electrons. The van der Waals surface area contributed by atoms with Crippen LogP contribution in [0, 0.1) is 0 Å². The number of amides is 1. The van der Waals surface area contributed by atoms with Crippen molar-refractivity contribution in [3.05, 3.63) is 24.2 Å². The highest BCUT2D eigenvalue weighted by atomic mass is 16.3. The molecule has 1 heterocycles. The number of nitrogens with two attached hydrogens (primary N) is 1. The van der Waals surface area contributed by atoms with E-state index in [2.05, 4.69) is 0 Å². The number of rotatable bonds is 4. The average Bonchev–Trinajstić information content (AvgIpc) is 2.97. The smallest absolute Gasteiger partial charge is 0.239 e. The molecule has 0 bridgehead atoms. The van der Waals surface area contributed by atoms with Crippen molar-refractivity contribution in [1.82, 2.24) is 4.90 Å². The summed E-state index contributed by atoms with van der Waals surface area (Å²) in [5, 5.41) is 0. The number of nitrogens with zero attached hydrogens (tertiary/aromatic N) is 1. The molecule has 0 aromatic carbocycles. The first-order valence-corrected chi connectivity index (χ1v) is 6.27. The molecule has 1 saturated carbocycles. The monoisotopic (exact) mass is 236 g/mol.